The first kappa shape index (κ1) is 13.6. The molecule has 1 nitrogen and oxygen atoms in total. The molecule has 3 unspecified atom stereocenters. The summed E-state index contributed by atoms with van der Waals surface area (Å²) in [5.41, 5.74) is 0.868. The Morgan fingerprint density at radius 1 is 1.35 bits per heavy atom. The largest absolute Gasteiger partial charge is 0.387 e. The summed E-state index contributed by atoms with van der Waals surface area (Å²) in [6.45, 7) is 2.19. The van der Waals surface area contributed by atoms with E-state index in [0.29, 0.717) is 10.3 Å². The lowest BCUT2D eigenvalue weighted by Gasteiger charge is -2.33. The molecule has 0 saturated carbocycles. The highest BCUT2D eigenvalue weighted by atomic mass is 35.5. The quantitative estimate of drug-likeness (QED) is 0.908. The monoisotopic (exact) mass is 288 g/mol. The third-order valence-electron chi connectivity index (χ3n) is 3.03. The van der Waals surface area contributed by atoms with Crippen LogP contribution in [-0.4, -0.2) is 27.1 Å². The Morgan fingerprint density at radius 2 is 2.06 bits per heavy atom. The van der Waals surface area contributed by atoms with Crippen molar-refractivity contribution in [3.63, 3.8) is 0 Å². The number of thioether (sulfide) groups is 2. The highest BCUT2D eigenvalue weighted by Gasteiger charge is 2.32. The van der Waals surface area contributed by atoms with Crippen molar-refractivity contribution in [1.29, 1.82) is 0 Å². The van der Waals surface area contributed by atoms with Gasteiger partial charge >= 0.3 is 0 Å². The SMILES string of the molecule is CCC1SCCSC1C(O)c1ccccc1Cl. The molecule has 1 aliphatic rings. The van der Waals surface area contributed by atoms with Crippen molar-refractivity contribution in [2.45, 2.75) is 29.9 Å². The van der Waals surface area contributed by atoms with E-state index in [1.807, 2.05) is 47.8 Å². The van der Waals surface area contributed by atoms with Gasteiger partial charge in [0.1, 0.15) is 0 Å². The highest BCUT2D eigenvalue weighted by molar-refractivity contribution is 8.07. The molecular weight excluding hydrogens is 272 g/mol. The van der Waals surface area contributed by atoms with Crippen LogP contribution >= 0.6 is 35.1 Å². The van der Waals surface area contributed by atoms with Crippen LogP contribution in [0.1, 0.15) is 25.0 Å². The summed E-state index contributed by atoms with van der Waals surface area (Å²) in [4.78, 5) is 0. The Kier molecular flexibility index (Phi) is 5.10. The van der Waals surface area contributed by atoms with Crippen molar-refractivity contribution >= 4 is 35.1 Å². The van der Waals surface area contributed by atoms with Gasteiger partial charge in [-0.2, -0.15) is 23.5 Å². The predicted molar refractivity (Wildman–Crippen MR) is 79.2 cm³/mol. The third kappa shape index (κ3) is 3.14. The van der Waals surface area contributed by atoms with Gasteiger partial charge in [-0.05, 0) is 12.5 Å². The number of halogens is 1. The van der Waals surface area contributed by atoms with Gasteiger partial charge in [0.15, 0.2) is 0 Å². The van der Waals surface area contributed by atoms with E-state index >= 15 is 0 Å². The second-order valence-electron chi connectivity index (χ2n) is 4.12. The molecule has 1 N–H and O–H groups in total. The van der Waals surface area contributed by atoms with Gasteiger partial charge < -0.3 is 5.11 Å². The van der Waals surface area contributed by atoms with Gasteiger partial charge in [0.05, 0.1) is 6.10 Å². The summed E-state index contributed by atoms with van der Waals surface area (Å²) in [6.07, 6.45) is 0.649. The van der Waals surface area contributed by atoms with Crippen molar-refractivity contribution in [2.75, 3.05) is 11.5 Å². The molecule has 4 heteroatoms. The van der Waals surface area contributed by atoms with Crippen molar-refractivity contribution in [3.05, 3.63) is 34.9 Å². The summed E-state index contributed by atoms with van der Waals surface area (Å²) >= 11 is 10.0. The summed E-state index contributed by atoms with van der Waals surface area (Å²) in [5.74, 6) is 2.31. The lowest BCUT2D eigenvalue weighted by molar-refractivity contribution is 0.172. The molecule has 0 bridgehead atoms. The molecule has 0 aliphatic carbocycles. The molecule has 1 fully saturated rings. The van der Waals surface area contributed by atoms with Gasteiger partial charge in [0.2, 0.25) is 0 Å². The van der Waals surface area contributed by atoms with E-state index in [2.05, 4.69) is 6.92 Å². The smallest absolute Gasteiger partial charge is 0.0933 e. The number of aliphatic hydroxyl groups is 1. The van der Waals surface area contributed by atoms with E-state index in [0.717, 1.165) is 17.7 Å². The first-order valence-electron chi connectivity index (χ1n) is 5.89. The summed E-state index contributed by atoms with van der Waals surface area (Å²) in [5, 5.41) is 12.0. The van der Waals surface area contributed by atoms with Crippen LogP contribution in [0.15, 0.2) is 24.3 Å². The molecule has 1 aliphatic heterocycles. The van der Waals surface area contributed by atoms with Crippen molar-refractivity contribution in [2.24, 2.45) is 0 Å². The third-order valence-corrected chi connectivity index (χ3v) is 6.71. The van der Waals surface area contributed by atoms with E-state index in [1.54, 1.807) is 0 Å². The van der Waals surface area contributed by atoms with Gasteiger partial charge in [0, 0.05) is 32.6 Å². The van der Waals surface area contributed by atoms with Crippen molar-refractivity contribution in [3.8, 4) is 0 Å². The van der Waals surface area contributed by atoms with Crippen LogP contribution in [0.4, 0.5) is 0 Å². The Balaban J connectivity index is 2.18. The van der Waals surface area contributed by atoms with Gasteiger partial charge in [0.25, 0.3) is 0 Å². The zero-order valence-corrected chi connectivity index (χ0v) is 12.2. The Bertz CT molecular complexity index is 372. The molecule has 0 aromatic heterocycles. The fraction of sp³-hybridized carbons (Fsp3) is 0.538. The molecule has 1 aromatic rings. The minimum Gasteiger partial charge on any atom is -0.387 e. The average Bonchev–Trinajstić information content (AvgIpc) is 2.38. The standard InChI is InChI=1S/C13H17ClOS2/c1-2-11-13(17-8-7-16-11)12(15)9-5-3-4-6-10(9)14/h3-6,11-13,15H,2,7-8H2,1H3. The average molecular weight is 289 g/mol. The van der Waals surface area contributed by atoms with Crippen LogP contribution in [0.5, 0.6) is 0 Å². The van der Waals surface area contributed by atoms with E-state index in [9.17, 15) is 5.11 Å². The van der Waals surface area contributed by atoms with Crippen molar-refractivity contribution in [1.82, 2.24) is 0 Å². The van der Waals surface area contributed by atoms with Gasteiger partial charge in [-0.25, -0.2) is 0 Å². The maximum Gasteiger partial charge on any atom is 0.0933 e. The molecule has 1 heterocycles. The molecule has 94 valence electrons. The molecular formula is C13H17ClOS2. The fourth-order valence-electron chi connectivity index (χ4n) is 2.12. The zero-order chi connectivity index (χ0) is 12.3. The second-order valence-corrected chi connectivity index (χ2v) is 7.16. The lowest BCUT2D eigenvalue weighted by atomic mass is 10.0. The Hall–Kier alpha value is 0.170. The molecule has 0 radical (unpaired) electrons. The fourth-order valence-corrected chi connectivity index (χ4v) is 5.50. The first-order valence-corrected chi connectivity index (χ1v) is 8.37. The highest BCUT2D eigenvalue weighted by Crippen LogP contribution is 2.41. The lowest BCUT2D eigenvalue weighted by Crippen LogP contribution is -2.31. The van der Waals surface area contributed by atoms with E-state index in [-0.39, 0.29) is 5.25 Å². The maximum atomic E-state index is 10.5. The van der Waals surface area contributed by atoms with Gasteiger partial charge in [-0.1, -0.05) is 36.7 Å². The normalized spacial score (nSPS) is 26.8. The summed E-state index contributed by atoms with van der Waals surface area (Å²) in [7, 11) is 0. The number of hydrogen-bond donors (Lipinski definition) is 1. The maximum absolute atomic E-state index is 10.5. The molecule has 3 atom stereocenters. The number of aliphatic hydroxyl groups excluding tert-OH is 1. The molecule has 0 spiro atoms. The number of rotatable bonds is 3. The molecule has 0 amide bonds. The minimum absolute atomic E-state index is 0.263. The zero-order valence-electron chi connectivity index (χ0n) is 9.80. The summed E-state index contributed by atoms with van der Waals surface area (Å²) in [6, 6.07) is 7.62. The Labute approximate surface area is 116 Å². The van der Waals surface area contributed by atoms with E-state index in [1.165, 1.54) is 5.75 Å². The molecule has 1 aromatic carbocycles. The van der Waals surface area contributed by atoms with Crippen LogP contribution in [0, 0.1) is 0 Å². The van der Waals surface area contributed by atoms with Crippen LogP contribution in [0.2, 0.25) is 5.02 Å². The van der Waals surface area contributed by atoms with E-state index in [4.69, 9.17) is 11.6 Å². The van der Waals surface area contributed by atoms with Crippen LogP contribution in [-0.2, 0) is 0 Å². The minimum atomic E-state index is -0.452. The van der Waals surface area contributed by atoms with Gasteiger partial charge in [-0.3, -0.25) is 0 Å². The van der Waals surface area contributed by atoms with Crippen LogP contribution in [0.25, 0.3) is 0 Å². The van der Waals surface area contributed by atoms with Gasteiger partial charge in [-0.15, -0.1) is 0 Å². The number of benzene rings is 1. The first-order chi connectivity index (χ1) is 8.24. The molecule has 1 saturated heterocycles. The van der Waals surface area contributed by atoms with E-state index < -0.39 is 6.10 Å². The van der Waals surface area contributed by atoms with Crippen LogP contribution < -0.4 is 0 Å². The molecule has 17 heavy (non-hydrogen) atoms. The Morgan fingerprint density at radius 3 is 2.76 bits per heavy atom. The summed E-state index contributed by atoms with van der Waals surface area (Å²) < 4.78 is 0. The second kappa shape index (κ2) is 6.37. The molecule has 2 rings (SSSR count). The van der Waals surface area contributed by atoms with Crippen LogP contribution in [0.3, 0.4) is 0 Å². The number of hydrogen-bond acceptors (Lipinski definition) is 3. The topological polar surface area (TPSA) is 20.2 Å². The van der Waals surface area contributed by atoms with Crippen molar-refractivity contribution < 1.29 is 5.11 Å². The predicted octanol–water partition coefficient (Wildman–Crippen LogP) is 4.00.